The van der Waals surface area contributed by atoms with Gasteiger partial charge in [-0.15, -0.1) is 0 Å². The van der Waals surface area contributed by atoms with Crippen LogP contribution in [0.4, 0.5) is 0 Å². The van der Waals surface area contributed by atoms with Gasteiger partial charge in [0.05, 0.1) is 0 Å². The van der Waals surface area contributed by atoms with Crippen molar-refractivity contribution in [1.29, 1.82) is 0 Å². The zero-order chi connectivity index (χ0) is 14.3. The molecule has 1 unspecified atom stereocenters. The molecule has 106 valence electrons. The van der Waals surface area contributed by atoms with Crippen LogP contribution in [0.1, 0.15) is 50.1 Å². The third-order valence-corrected chi connectivity index (χ3v) is 4.44. The molecule has 2 N–H and O–H groups in total. The SMILES string of the molecule is CCc1cccc(-n2ccc3c2CC(C)(C)CC3N)c1. The van der Waals surface area contributed by atoms with Crippen molar-refractivity contribution in [3.8, 4) is 5.69 Å². The third-order valence-electron chi connectivity index (χ3n) is 4.44. The van der Waals surface area contributed by atoms with E-state index in [4.69, 9.17) is 5.73 Å². The lowest BCUT2D eigenvalue weighted by Gasteiger charge is -2.34. The average Bonchev–Trinajstić information content (AvgIpc) is 2.81. The summed E-state index contributed by atoms with van der Waals surface area (Å²) >= 11 is 0. The van der Waals surface area contributed by atoms with Crippen LogP contribution in [0.2, 0.25) is 0 Å². The summed E-state index contributed by atoms with van der Waals surface area (Å²) in [5.74, 6) is 0. The summed E-state index contributed by atoms with van der Waals surface area (Å²) in [5, 5.41) is 0. The van der Waals surface area contributed by atoms with E-state index in [0.717, 1.165) is 19.3 Å². The molecule has 1 atom stereocenters. The van der Waals surface area contributed by atoms with Gasteiger partial charge in [-0.25, -0.2) is 0 Å². The van der Waals surface area contributed by atoms with Crippen molar-refractivity contribution in [1.82, 2.24) is 4.57 Å². The summed E-state index contributed by atoms with van der Waals surface area (Å²) in [6, 6.07) is 11.2. The van der Waals surface area contributed by atoms with Crippen molar-refractivity contribution >= 4 is 0 Å². The van der Waals surface area contributed by atoms with Gasteiger partial charge in [0, 0.05) is 23.6 Å². The van der Waals surface area contributed by atoms with E-state index >= 15 is 0 Å². The van der Waals surface area contributed by atoms with Crippen molar-refractivity contribution in [3.05, 3.63) is 53.3 Å². The Balaban J connectivity index is 2.08. The third kappa shape index (κ3) is 2.29. The Morgan fingerprint density at radius 1 is 1.30 bits per heavy atom. The normalized spacial score (nSPS) is 20.7. The van der Waals surface area contributed by atoms with Gasteiger partial charge in [-0.3, -0.25) is 0 Å². The number of rotatable bonds is 2. The summed E-state index contributed by atoms with van der Waals surface area (Å²) < 4.78 is 2.33. The fourth-order valence-electron chi connectivity index (χ4n) is 3.40. The summed E-state index contributed by atoms with van der Waals surface area (Å²) in [6.07, 6.45) is 5.42. The van der Waals surface area contributed by atoms with Gasteiger partial charge in [-0.05, 0) is 54.0 Å². The lowest BCUT2D eigenvalue weighted by atomic mass is 9.74. The minimum absolute atomic E-state index is 0.171. The minimum atomic E-state index is 0.171. The lowest BCUT2D eigenvalue weighted by molar-refractivity contribution is 0.278. The predicted octanol–water partition coefficient (Wildman–Crippen LogP) is 4.01. The van der Waals surface area contributed by atoms with E-state index in [1.807, 2.05) is 0 Å². The van der Waals surface area contributed by atoms with Gasteiger partial charge in [-0.2, -0.15) is 0 Å². The van der Waals surface area contributed by atoms with Crippen LogP contribution in [0.25, 0.3) is 5.69 Å². The molecule has 0 saturated carbocycles. The zero-order valence-corrected chi connectivity index (χ0v) is 12.7. The quantitative estimate of drug-likeness (QED) is 0.876. The molecule has 0 aliphatic heterocycles. The van der Waals surface area contributed by atoms with Crippen LogP contribution in [0, 0.1) is 5.41 Å². The number of hydrogen-bond donors (Lipinski definition) is 1. The molecule has 0 radical (unpaired) electrons. The molecule has 3 rings (SSSR count). The Kier molecular flexibility index (Phi) is 3.21. The van der Waals surface area contributed by atoms with Crippen LogP contribution in [0.15, 0.2) is 36.5 Å². The largest absolute Gasteiger partial charge is 0.324 e. The smallest absolute Gasteiger partial charge is 0.0455 e. The Morgan fingerprint density at radius 2 is 2.10 bits per heavy atom. The minimum Gasteiger partial charge on any atom is -0.324 e. The van der Waals surface area contributed by atoms with E-state index < -0.39 is 0 Å². The molecule has 1 aromatic heterocycles. The highest BCUT2D eigenvalue weighted by molar-refractivity contribution is 5.42. The molecule has 1 aliphatic carbocycles. The van der Waals surface area contributed by atoms with E-state index in [-0.39, 0.29) is 11.5 Å². The summed E-state index contributed by atoms with van der Waals surface area (Å²) in [7, 11) is 0. The second-order valence-electron chi connectivity index (χ2n) is 6.76. The van der Waals surface area contributed by atoms with Crippen molar-refractivity contribution in [2.24, 2.45) is 11.1 Å². The van der Waals surface area contributed by atoms with Gasteiger partial charge in [0.25, 0.3) is 0 Å². The van der Waals surface area contributed by atoms with Gasteiger partial charge in [0.2, 0.25) is 0 Å². The molecular weight excluding hydrogens is 244 g/mol. The maximum Gasteiger partial charge on any atom is 0.0455 e. The number of nitrogens with two attached hydrogens (primary N) is 1. The lowest BCUT2D eigenvalue weighted by Crippen LogP contribution is -2.30. The predicted molar refractivity (Wildman–Crippen MR) is 84.2 cm³/mol. The maximum atomic E-state index is 6.36. The highest BCUT2D eigenvalue weighted by Gasteiger charge is 2.32. The van der Waals surface area contributed by atoms with Crippen molar-refractivity contribution in [2.75, 3.05) is 0 Å². The van der Waals surface area contributed by atoms with Crippen LogP contribution in [0.5, 0.6) is 0 Å². The average molecular weight is 268 g/mol. The summed E-state index contributed by atoms with van der Waals surface area (Å²) in [6.45, 7) is 6.83. The molecule has 2 nitrogen and oxygen atoms in total. The topological polar surface area (TPSA) is 30.9 Å². The number of fused-ring (bicyclic) bond motifs is 1. The van der Waals surface area contributed by atoms with Gasteiger partial charge < -0.3 is 10.3 Å². The van der Waals surface area contributed by atoms with Crippen LogP contribution in [0.3, 0.4) is 0 Å². The first-order valence-corrected chi connectivity index (χ1v) is 7.55. The molecule has 1 aromatic carbocycles. The molecule has 0 amide bonds. The second-order valence-corrected chi connectivity index (χ2v) is 6.76. The van der Waals surface area contributed by atoms with Crippen molar-refractivity contribution in [3.63, 3.8) is 0 Å². The molecule has 1 heterocycles. The number of aryl methyl sites for hydroxylation is 1. The van der Waals surface area contributed by atoms with Crippen LogP contribution < -0.4 is 5.73 Å². The first kappa shape index (κ1) is 13.4. The highest BCUT2D eigenvalue weighted by atomic mass is 15.0. The number of hydrogen-bond acceptors (Lipinski definition) is 1. The van der Waals surface area contributed by atoms with E-state index in [1.165, 1.54) is 22.5 Å². The van der Waals surface area contributed by atoms with Crippen LogP contribution >= 0.6 is 0 Å². The molecular formula is C18H24N2. The molecule has 2 aromatic rings. The van der Waals surface area contributed by atoms with E-state index in [1.54, 1.807) is 0 Å². The molecule has 2 heteroatoms. The standard InChI is InChI=1S/C18H24N2/c1-4-13-6-5-7-14(10-13)20-9-8-15-16(19)11-18(2,3)12-17(15)20/h5-10,16H,4,11-12,19H2,1-3H3. The zero-order valence-electron chi connectivity index (χ0n) is 12.7. The highest BCUT2D eigenvalue weighted by Crippen LogP contribution is 2.40. The van der Waals surface area contributed by atoms with Gasteiger partial charge in [0.1, 0.15) is 0 Å². The molecule has 0 spiro atoms. The molecule has 20 heavy (non-hydrogen) atoms. The van der Waals surface area contributed by atoms with Crippen LogP contribution in [-0.4, -0.2) is 4.57 Å². The second kappa shape index (κ2) is 4.78. The van der Waals surface area contributed by atoms with E-state index in [2.05, 4.69) is 61.9 Å². The summed E-state index contributed by atoms with van der Waals surface area (Å²) in [5.41, 5.74) is 12.0. The van der Waals surface area contributed by atoms with Gasteiger partial charge >= 0.3 is 0 Å². The molecule has 0 saturated heterocycles. The van der Waals surface area contributed by atoms with Crippen molar-refractivity contribution in [2.45, 2.75) is 46.1 Å². The van der Waals surface area contributed by atoms with Crippen molar-refractivity contribution < 1.29 is 0 Å². The van der Waals surface area contributed by atoms with Gasteiger partial charge in [-0.1, -0.05) is 32.9 Å². The molecule has 1 aliphatic rings. The molecule has 0 fully saturated rings. The monoisotopic (exact) mass is 268 g/mol. The summed E-state index contributed by atoms with van der Waals surface area (Å²) in [4.78, 5) is 0. The number of nitrogens with zero attached hydrogens (tertiary/aromatic N) is 1. The fourth-order valence-corrected chi connectivity index (χ4v) is 3.40. The van der Waals surface area contributed by atoms with Crippen LogP contribution in [-0.2, 0) is 12.8 Å². The van der Waals surface area contributed by atoms with Gasteiger partial charge in [0.15, 0.2) is 0 Å². The Labute approximate surface area is 121 Å². The molecule has 0 bridgehead atoms. The first-order valence-electron chi connectivity index (χ1n) is 7.55. The number of benzene rings is 1. The fraction of sp³-hybridized carbons (Fsp3) is 0.444. The number of aromatic nitrogens is 1. The van der Waals surface area contributed by atoms with E-state index in [9.17, 15) is 0 Å². The maximum absolute atomic E-state index is 6.36. The Hall–Kier alpha value is -1.54. The Morgan fingerprint density at radius 3 is 2.85 bits per heavy atom. The first-order chi connectivity index (χ1) is 9.50. The van der Waals surface area contributed by atoms with E-state index in [0.29, 0.717) is 0 Å². The Bertz CT molecular complexity index is 622.